The average Bonchev–Trinajstić information content (AvgIpc) is 2.67. The third-order valence-electron chi connectivity index (χ3n) is 4.11. The topological polar surface area (TPSA) is 93.7 Å². The molecule has 146 valence electrons. The van der Waals surface area contributed by atoms with Crippen LogP contribution in [0.2, 0.25) is 0 Å². The van der Waals surface area contributed by atoms with Gasteiger partial charge in [0.25, 0.3) is 5.91 Å². The minimum Gasteiger partial charge on any atom is -0.493 e. The van der Waals surface area contributed by atoms with E-state index in [0.29, 0.717) is 18.9 Å². The van der Waals surface area contributed by atoms with Crippen molar-refractivity contribution < 1.29 is 23.9 Å². The second kappa shape index (κ2) is 11.0. The highest BCUT2D eigenvalue weighted by atomic mass is 16.5. The van der Waals surface area contributed by atoms with Gasteiger partial charge in [-0.1, -0.05) is 23.8 Å². The molecule has 1 aliphatic rings. The van der Waals surface area contributed by atoms with Crippen molar-refractivity contribution in [3.05, 3.63) is 41.5 Å². The van der Waals surface area contributed by atoms with Gasteiger partial charge in [0.2, 0.25) is 0 Å². The van der Waals surface area contributed by atoms with Crippen LogP contribution < -0.4 is 15.4 Å². The molecular weight excluding hydrogens is 348 g/mol. The average molecular weight is 374 g/mol. The van der Waals surface area contributed by atoms with Crippen LogP contribution in [0.1, 0.15) is 49.4 Å². The number of imide groups is 1. The molecule has 1 aromatic carbocycles. The predicted molar refractivity (Wildman–Crippen MR) is 101 cm³/mol. The van der Waals surface area contributed by atoms with Crippen LogP contribution in [-0.4, -0.2) is 37.7 Å². The molecule has 27 heavy (non-hydrogen) atoms. The molecule has 0 radical (unpaired) electrons. The molecule has 0 saturated carbocycles. The summed E-state index contributed by atoms with van der Waals surface area (Å²) in [5.41, 5.74) is 1.58. The second-order valence-electron chi connectivity index (χ2n) is 6.17. The molecule has 2 rings (SSSR count). The Balaban J connectivity index is 1.70. The minimum absolute atomic E-state index is 0.234. The number of allylic oxidation sites excluding steroid dienone is 1. The Kier molecular flexibility index (Phi) is 8.35. The SMILES string of the molecule is CCOc1ccccc1C(=O)OCC(=O)NC(=O)NCCC1=CCCCC1. The molecule has 7 heteroatoms. The van der Waals surface area contributed by atoms with Gasteiger partial charge in [-0.2, -0.15) is 0 Å². The van der Waals surface area contributed by atoms with Crippen molar-refractivity contribution in [2.75, 3.05) is 19.8 Å². The molecule has 1 aliphatic carbocycles. The molecule has 0 aliphatic heterocycles. The Morgan fingerprint density at radius 2 is 1.96 bits per heavy atom. The number of benzene rings is 1. The number of rotatable bonds is 8. The van der Waals surface area contributed by atoms with Gasteiger partial charge in [0.05, 0.1) is 6.61 Å². The van der Waals surface area contributed by atoms with Crippen molar-refractivity contribution in [2.24, 2.45) is 0 Å². The largest absolute Gasteiger partial charge is 0.493 e. The molecule has 0 bridgehead atoms. The number of para-hydroxylation sites is 1. The highest BCUT2D eigenvalue weighted by molar-refractivity contribution is 5.97. The molecule has 2 N–H and O–H groups in total. The van der Waals surface area contributed by atoms with Crippen LogP contribution in [0.25, 0.3) is 0 Å². The smallest absolute Gasteiger partial charge is 0.342 e. The van der Waals surface area contributed by atoms with E-state index in [4.69, 9.17) is 9.47 Å². The maximum Gasteiger partial charge on any atom is 0.342 e. The zero-order valence-corrected chi connectivity index (χ0v) is 15.6. The highest BCUT2D eigenvalue weighted by Gasteiger charge is 2.16. The van der Waals surface area contributed by atoms with Gasteiger partial charge in [0, 0.05) is 6.54 Å². The highest BCUT2D eigenvalue weighted by Crippen LogP contribution is 2.19. The van der Waals surface area contributed by atoms with Gasteiger partial charge in [0.15, 0.2) is 6.61 Å². The summed E-state index contributed by atoms with van der Waals surface area (Å²) in [6.07, 6.45) is 7.58. The first-order chi connectivity index (χ1) is 13.1. The number of urea groups is 1. The summed E-state index contributed by atoms with van der Waals surface area (Å²) in [5.74, 6) is -0.981. The van der Waals surface area contributed by atoms with Gasteiger partial charge in [-0.25, -0.2) is 9.59 Å². The third-order valence-corrected chi connectivity index (χ3v) is 4.11. The van der Waals surface area contributed by atoms with Crippen molar-refractivity contribution in [2.45, 2.75) is 39.0 Å². The first-order valence-electron chi connectivity index (χ1n) is 9.24. The normalized spacial score (nSPS) is 13.3. The number of nitrogens with one attached hydrogen (secondary N) is 2. The van der Waals surface area contributed by atoms with Gasteiger partial charge in [-0.05, 0) is 51.2 Å². The van der Waals surface area contributed by atoms with Crippen LogP contribution in [0.5, 0.6) is 5.75 Å². The number of carbonyl (C=O) groups excluding carboxylic acids is 3. The summed E-state index contributed by atoms with van der Waals surface area (Å²) >= 11 is 0. The molecule has 0 fully saturated rings. The first kappa shape index (κ1) is 20.5. The van der Waals surface area contributed by atoms with E-state index in [-0.39, 0.29) is 5.56 Å². The Bertz CT molecular complexity index is 699. The van der Waals surface area contributed by atoms with Crippen molar-refractivity contribution in [3.8, 4) is 5.75 Å². The Hall–Kier alpha value is -2.83. The fourth-order valence-corrected chi connectivity index (χ4v) is 2.80. The molecule has 0 aromatic heterocycles. The van der Waals surface area contributed by atoms with Crippen molar-refractivity contribution in [1.29, 1.82) is 0 Å². The summed E-state index contributed by atoms with van der Waals surface area (Å²) in [5, 5.41) is 4.78. The number of amides is 3. The van der Waals surface area contributed by atoms with E-state index in [2.05, 4.69) is 16.7 Å². The lowest BCUT2D eigenvalue weighted by atomic mass is 9.97. The molecule has 0 atom stereocenters. The van der Waals surface area contributed by atoms with Crippen LogP contribution in [0.3, 0.4) is 0 Å². The fourth-order valence-electron chi connectivity index (χ4n) is 2.80. The molecule has 3 amide bonds. The molecule has 0 unspecified atom stereocenters. The van der Waals surface area contributed by atoms with E-state index in [0.717, 1.165) is 19.3 Å². The molecule has 1 aromatic rings. The Morgan fingerprint density at radius 1 is 1.15 bits per heavy atom. The second-order valence-corrected chi connectivity index (χ2v) is 6.17. The van der Waals surface area contributed by atoms with Gasteiger partial charge < -0.3 is 14.8 Å². The van der Waals surface area contributed by atoms with Gasteiger partial charge >= 0.3 is 12.0 Å². The standard InChI is InChI=1S/C20H26N2O5/c1-2-26-17-11-7-6-10-16(17)19(24)27-14-18(23)22-20(25)21-13-12-15-8-4-3-5-9-15/h6-8,10-11H,2-5,9,12-14H2,1H3,(H2,21,22,23,25). The molecule has 7 nitrogen and oxygen atoms in total. The van der Waals surface area contributed by atoms with Crippen LogP contribution in [0.15, 0.2) is 35.9 Å². The summed E-state index contributed by atoms with van der Waals surface area (Å²) in [6.45, 7) is 2.13. The van der Waals surface area contributed by atoms with E-state index in [9.17, 15) is 14.4 Å². The quantitative estimate of drug-likeness (QED) is 0.539. The maximum absolute atomic E-state index is 12.1. The number of hydrogen-bond donors (Lipinski definition) is 2. The zero-order valence-electron chi connectivity index (χ0n) is 15.6. The van der Waals surface area contributed by atoms with Crippen molar-refractivity contribution >= 4 is 17.9 Å². The summed E-state index contributed by atoms with van der Waals surface area (Å²) in [4.78, 5) is 35.6. The van der Waals surface area contributed by atoms with Gasteiger partial charge in [-0.15, -0.1) is 0 Å². The summed E-state index contributed by atoms with van der Waals surface area (Å²) in [7, 11) is 0. The predicted octanol–water partition coefficient (Wildman–Crippen LogP) is 2.96. The van der Waals surface area contributed by atoms with Crippen LogP contribution >= 0.6 is 0 Å². The number of carbonyl (C=O) groups is 3. The van der Waals surface area contributed by atoms with E-state index in [1.54, 1.807) is 31.2 Å². The van der Waals surface area contributed by atoms with Crippen molar-refractivity contribution in [1.82, 2.24) is 10.6 Å². The number of ether oxygens (including phenoxy) is 2. The van der Waals surface area contributed by atoms with Gasteiger partial charge in [-0.3, -0.25) is 10.1 Å². The van der Waals surface area contributed by atoms with Crippen LogP contribution in [0, 0.1) is 0 Å². The lowest BCUT2D eigenvalue weighted by Gasteiger charge is -2.13. The lowest BCUT2D eigenvalue weighted by Crippen LogP contribution is -2.41. The van der Waals surface area contributed by atoms with E-state index in [1.807, 2.05) is 0 Å². The maximum atomic E-state index is 12.1. The van der Waals surface area contributed by atoms with Crippen LogP contribution in [0.4, 0.5) is 4.79 Å². The Morgan fingerprint density at radius 3 is 2.70 bits per heavy atom. The van der Waals surface area contributed by atoms with E-state index >= 15 is 0 Å². The molecule has 0 spiro atoms. The fraction of sp³-hybridized carbons (Fsp3) is 0.450. The monoisotopic (exact) mass is 374 g/mol. The molecule has 0 saturated heterocycles. The van der Waals surface area contributed by atoms with Gasteiger partial charge in [0.1, 0.15) is 11.3 Å². The number of hydrogen-bond acceptors (Lipinski definition) is 5. The van der Waals surface area contributed by atoms with E-state index in [1.165, 1.54) is 18.4 Å². The first-order valence-corrected chi connectivity index (χ1v) is 9.24. The Labute approximate surface area is 159 Å². The lowest BCUT2D eigenvalue weighted by molar-refractivity contribution is -0.123. The molecule has 0 heterocycles. The minimum atomic E-state index is -0.688. The zero-order chi connectivity index (χ0) is 19.5. The number of esters is 1. The third kappa shape index (κ3) is 7.13. The summed E-state index contributed by atoms with van der Waals surface area (Å²) < 4.78 is 10.3. The van der Waals surface area contributed by atoms with E-state index < -0.39 is 24.5 Å². The van der Waals surface area contributed by atoms with Crippen molar-refractivity contribution in [3.63, 3.8) is 0 Å². The molecular formula is C20H26N2O5. The van der Waals surface area contributed by atoms with Crippen LogP contribution in [-0.2, 0) is 9.53 Å². The summed E-state index contributed by atoms with van der Waals surface area (Å²) in [6, 6.07) is 6.02.